The summed E-state index contributed by atoms with van der Waals surface area (Å²) in [7, 11) is 0. The number of hydrogen-bond donors (Lipinski definition) is 4. The second-order valence-electron chi connectivity index (χ2n) is 7.18. The molecule has 2 aromatic carbocycles. The van der Waals surface area contributed by atoms with Crippen LogP contribution in [0.5, 0.6) is 0 Å². The second-order valence-corrected chi connectivity index (χ2v) is 7.59. The maximum absolute atomic E-state index is 10.8. The third kappa shape index (κ3) is 4.09. The number of fused-ring (bicyclic) bond motifs is 3. The van der Waals surface area contributed by atoms with Gasteiger partial charge in [0.25, 0.3) is 0 Å². The average Bonchev–Trinajstić information content (AvgIpc) is 2.80. The van der Waals surface area contributed by atoms with E-state index in [9.17, 15) is 4.79 Å². The smallest absolute Gasteiger partial charge is 0.409 e. The molecule has 0 spiro atoms. The van der Waals surface area contributed by atoms with Crippen LogP contribution in [0, 0.1) is 0 Å². The number of thiocarbonyl (C=S) groups is 1. The van der Waals surface area contributed by atoms with Crippen LogP contribution in [0.1, 0.15) is 31.9 Å². The van der Waals surface area contributed by atoms with Gasteiger partial charge in [-0.3, -0.25) is 5.32 Å². The van der Waals surface area contributed by atoms with Crippen LogP contribution in [0.15, 0.2) is 36.4 Å². The zero-order chi connectivity index (χ0) is 18.2. The minimum Gasteiger partial charge on any atom is -0.465 e. The van der Waals surface area contributed by atoms with Gasteiger partial charge in [0, 0.05) is 16.9 Å². The van der Waals surface area contributed by atoms with Crippen molar-refractivity contribution in [2.24, 2.45) is 0 Å². The van der Waals surface area contributed by atoms with Gasteiger partial charge >= 0.3 is 6.09 Å². The van der Waals surface area contributed by atoms with E-state index in [0.29, 0.717) is 10.8 Å². The van der Waals surface area contributed by atoms with E-state index in [4.69, 9.17) is 17.3 Å². The molecule has 0 bridgehead atoms. The summed E-state index contributed by atoms with van der Waals surface area (Å²) >= 11 is 5.35. The summed E-state index contributed by atoms with van der Waals surface area (Å²) in [6.45, 7) is 6.18. The number of hydrogen-bond acceptors (Lipinski definition) is 2. The van der Waals surface area contributed by atoms with Crippen LogP contribution in [0.4, 0.5) is 16.2 Å². The standard InChI is InChI=1S/C19H21N3O2S/c1-19(2,3)22-17(25)20-13-4-6-15-11(9-13)8-12-10-14(21-18(23)24)5-7-16(12)15/h4-7,9-10,21H,8H2,1-3H3,(H,23,24)(H2,20,22,25). The molecule has 0 fully saturated rings. The molecular formula is C19H21N3O2S. The summed E-state index contributed by atoms with van der Waals surface area (Å²) in [6.07, 6.45) is -0.281. The molecule has 1 amide bonds. The zero-order valence-electron chi connectivity index (χ0n) is 14.4. The van der Waals surface area contributed by atoms with Gasteiger partial charge in [-0.25, -0.2) is 4.79 Å². The van der Waals surface area contributed by atoms with Crippen LogP contribution in [-0.2, 0) is 6.42 Å². The fourth-order valence-corrected chi connectivity index (χ4v) is 3.42. The Hall–Kier alpha value is -2.60. The van der Waals surface area contributed by atoms with Crippen molar-refractivity contribution in [1.82, 2.24) is 5.32 Å². The minimum absolute atomic E-state index is 0.0927. The second kappa shape index (κ2) is 6.37. The molecule has 0 aliphatic heterocycles. The fraction of sp³-hybridized carbons (Fsp3) is 0.263. The average molecular weight is 355 g/mol. The number of carboxylic acid groups (broad SMARTS) is 1. The number of anilines is 2. The molecule has 1 aliphatic rings. The van der Waals surface area contributed by atoms with Crippen molar-refractivity contribution in [3.05, 3.63) is 47.5 Å². The molecular weight excluding hydrogens is 334 g/mol. The SMILES string of the molecule is CC(C)(C)NC(=S)Nc1ccc2c(c1)Cc1cc(NC(=O)O)ccc1-2. The van der Waals surface area contributed by atoms with Gasteiger partial charge in [0.15, 0.2) is 5.11 Å². The van der Waals surface area contributed by atoms with Gasteiger partial charge in [0.05, 0.1) is 0 Å². The highest BCUT2D eigenvalue weighted by molar-refractivity contribution is 7.80. The van der Waals surface area contributed by atoms with Gasteiger partial charge in [-0.2, -0.15) is 0 Å². The topological polar surface area (TPSA) is 73.4 Å². The first kappa shape index (κ1) is 17.2. The quantitative estimate of drug-likeness (QED) is 0.512. The molecule has 0 heterocycles. The van der Waals surface area contributed by atoms with E-state index in [1.165, 1.54) is 11.1 Å². The Morgan fingerprint density at radius 1 is 1.00 bits per heavy atom. The predicted octanol–water partition coefficient (Wildman–Crippen LogP) is 4.43. The van der Waals surface area contributed by atoms with Crippen molar-refractivity contribution in [3.8, 4) is 11.1 Å². The van der Waals surface area contributed by atoms with Crippen LogP contribution in [-0.4, -0.2) is 21.9 Å². The largest absolute Gasteiger partial charge is 0.465 e. The maximum Gasteiger partial charge on any atom is 0.409 e. The molecule has 3 rings (SSSR count). The van der Waals surface area contributed by atoms with E-state index in [-0.39, 0.29) is 5.54 Å². The molecule has 6 heteroatoms. The number of rotatable bonds is 2. The summed E-state index contributed by atoms with van der Waals surface area (Å²) in [5, 5.41) is 18.3. The first-order valence-corrected chi connectivity index (χ1v) is 8.47. The highest BCUT2D eigenvalue weighted by Gasteiger charge is 2.20. The number of amides is 1. The summed E-state index contributed by atoms with van der Waals surface area (Å²) < 4.78 is 0. The van der Waals surface area contributed by atoms with E-state index < -0.39 is 6.09 Å². The monoisotopic (exact) mass is 355 g/mol. The Bertz CT molecular complexity index is 856. The molecule has 0 unspecified atom stereocenters. The molecule has 0 saturated heterocycles. The molecule has 0 atom stereocenters. The van der Waals surface area contributed by atoms with Crippen LogP contribution in [0.2, 0.25) is 0 Å². The third-order valence-electron chi connectivity index (χ3n) is 3.88. The van der Waals surface area contributed by atoms with E-state index in [1.807, 2.05) is 18.2 Å². The summed E-state index contributed by atoms with van der Waals surface area (Å²) in [6, 6.07) is 11.8. The zero-order valence-corrected chi connectivity index (χ0v) is 15.3. The first-order chi connectivity index (χ1) is 11.7. The molecule has 0 aromatic heterocycles. The fourth-order valence-electron chi connectivity index (χ4n) is 2.99. The lowest BCUT2D eigenvalue weighted by atomic mass is 10.1. The predicted molar refractivity (Wildman–Crippen MR) is 105 cm³/mol. The first-order valence-electron chi connectivity index (χ1n) is 8.07. The normalized spacial score (nSPS) is 12.1. The van der Waals surface area contributed by atoms with Crippen LogP contribution >= 0.6 is 12.2 Å². The van der Waals surface area contributed by atoms with Gasteiger partial charge in [0.1, 0.15) is 0 Å². The Morgan fingerprint density at radius 3 is 2.00 bits per heavy atom. The Labute approximate surface area is 152 Å². The van der Waals surface area contributed by atoms with E-state index in [1.54, 1.807) is 6.07 Å². The van der Waals surface area contributed by atoms with Gasteiger partial charge in [-0.15, -0.1) is 0 Å². The van der Waals surface area contributed by atoms with Gasteiger partial charge in [-0.1, -0.05) is 12.1 Å². The van der Waals surface area contributed by atoms with Gasteiger partial charge in [-0.05, 0) is 85.9 Å². The molecule has 5 nitrogen and oxygen atoms in total. The Kier molecular flexibility index (Phi) is 4.39. The summed E-state index contributed by atoms with van der Waals surface area (Å²) in [5.74, 6) is 0. The lowest BCUT2D eigenvalue weighted by molar-refractivity contribution is 0.210. The number of carbonyl (C=O) groups is 1. The Morgan fingerprint density at radius 2 is 1.52 bits per heavy atom. The van der Waals surface area contributed by atoms with Crippen LogP contribution < -0.4 is 16.0 Å². The van der Waals surface area contributed by atoms with Gasteiger partial charge in [0.2, 0.25) is 0 Å². The van der Waals surface area contributed by atoms with E-state index >= 15 is 0 Å². The summed E-state index contributed by atoms with van der Waals surface area (Å²) in [5.41, 5.74) is 6.08. The maximum atomic E-state index is 10.8. The van der Waals surface area contributed by atoms with Crippen molar-refractivity contribution >= 4 is 34.8 Å². The molecule has 25 heavy (non-hydrogen) atoms. The van der Waals surface area contributed by atoms with E-state index in [0.717, 1.165) is 23.2 Å². The number of benzene rings is 2. The van der Waals surface area contributed by atoms with Crippen molar-refractivity contribution in [2.75, 3.05) is 10.6 Å². The number of nitrogens with one attached hydrogen (secondary N) is 3. The molecule has 2 aromatic rings. The Balaban J connectivity index is 1.79. The molecule has 0 radical (unpaired) electrons. The van der Waals surface area contributed by atoms with Crippen molar-refractivity contribution in [1.29, 1.82) is 0 Å². The van der Waals surface area contributed by atoms with Crippen molar-refractivity contribution in [2.45, 2.75) is 32.7 Å². The van der Waals surface area contributed by atoms with Crippen molar-refractivity contribution < 1.29 is 9.90 Å². The molecule has 0 saturated carbocycles. The lowest BCUT2D eigenvalue weighted by Crippen LogP contribution is -2.42. The van der Waals surface area contributed by atoms with Crippen molar-refractivity contribution in [3.63, 3.8) is 0 Å². The molecule has 1 aliphatic carbocycles. The van der Waals surface area contributed by atoms with Gasteiger partial charge < -0.3 is 15.7 Å². The summed E-state index contributed by atoms with van der Waals surface area (Å²) in [4.78, 5) is 10.8. The van der Waals surface area contributed by atoms with E-state index in [2.05, 4.69) is 48.9 Å². The molecule has 130 valence electrons. The minimum atomic E-state index is -1.05. The molecule has 4 N–H and O–H groups in total. The van der Waals surface area contributed by atoms with Crippen LogP contribution in [0.25, 0.3) is 11.1 Å². The lowest BCUT2D eigenvalue weighted by Gasteiger charge is -2.23. The highest BCUT2D eigenvalue weighted by atomic mass is 32.1. The highest BCUT2D eigenvalue weighted by Crippen LogP contribution is 2.39. The van der Waals surface area contributed by atoms with Crippen LogP contribution in [0.3, 0.4) is 0 Å². The third-order valence-corrected chi connectivity index (χ3v) is 4.08.